The molecular formula is C23H27F2N2O5P. The van der Waals surface area contributed by atoms with Crippen LogP contribution in [0, 0.1) is 0 Å². The van der Waals surface area contributed by atoms with Gasteiger partial charge in [0.1, 0.15) is 5.75 Å². The van der Waals surface area contributed by atoms with Gasteiger partial charge in [-0.3, -0.25) is 19.5 Å². The Kier molecular flexibility index (Phi) is 7.14. The second kappa shape index (κ2) is 9.89. The average molecular weight is 480 g/mol. The van der Waals surface area contributed by atoms with Crippen LogP contribution in [0.2, 0.25) is 0 Å². The van der Waals surface area contributed by atoms with Crippen LogP contribution in [-0.4, -0.2) is 51.2 Å². The number of phosphoric acid groups is 1. The molecule has 2 fully saturated rings. The van der Waals surface area contributed by atoms with Crippen molar-refractivity contribution in [1.29, 1.82) is 0 Å². The zero-order chi connectivity index (χ0) is 23.6. The normalized spacial score (nSPS) is 20.6. The third-order valence-corrected chi connectivity index (χ3v) is 6.87. The van der Waals surface area contributed by atoms with Crippen LogP contribution in [0.15, 0.2) is 48.5 Å². The van der Waals surface area contributed by atoms with Crippen molar-refractivity contribution in [2.75, 3.05) is 19.6 Å². The number of rotatable bonds is 7. The number of halogens is 2. The quantitative estimate of drug-likeness (QED) is 0.581. The first kappa shape index (κ1) is 23.8. The van der Waals surface area contributed by atoms with Crippen LogP contribution in [0.5, 0.6) is 5.75 Å². The summed E-state index contributed by atoms with van der Waals surface area (Å²) in [7, 11) is -4.57. The minimum atomic E-state index is -4.57. The van der Waals surface area contributed by atoms with Crippen molar-refractivity contribution in [2.24, 2.45) is 0 Å². The lowest BCUT2D eigenvalue weighted by Crippen LogP contribution is -2.45. The Morgan fingerprint density at radius 2 is 1.61 bits per heavy atom. The number of hydrogen-bond donors (Lipinski definition) is 2. The highest BCUT2D eigenvalue weighted by atomic mass is 31.2. The fraction of sp³-hybridized carbons (Fsp3) is 0.435. The molecule has 1 amide bonds. The van der Waals surface area contributed by atoms with E-state index >= 15 is 0 Å². The molecule has 0 aromatic heterocycles. The summed E-state index contributed by atoms with van der Waals surface area (Å²) in [5, 5.41) is 0. The van der Waals surface area contributed by atoms with Crippen LogP contribution in [0.3, 0.4) is 0 Å². The summed E-state index contributed by atoms with van der Waals surface area (Å²) in [6.07, 6.45) is 0.0353. The average Bonchev–Trinajstić information content (AvgIpc) is 3.14. The zero-order valence-corrected chi connectivity index (χ0v) is 18.9. The van der Waals surface area contributed by atoms with E-state index in [0.717, 1.165) is 43.5 Å². The molecule has 2 N–H and O–H groups in total. The van der Waals surface area contributed by atoms with E-state index in [1.807, 2.05) is 12.1 Å². The Labute approximate surface area is 191 Å². The minimum Gasteiger partial charge on any atom is -0.404 e. The summed E-state index contributed by atoms with van der Waals surface area (Å²) >= 11 is 0. The molecule has 0 unspecified atom stereocenters. The van der Waals surface area contributed by atoms with Crippen molar-refractivity contribution in [3.63, 3.8) is 0 Å². The summed E-state index contributed by atoms with van der Waals surface area (Å²) in [6.45, 7) is 2.66. The molecule has 33 heavy (non-hydrogen) atoms. The SMILES string of the molecule is O=C1[C@H](N2CCC(c3ccc(OP(=O)(O)O)cc3)CC2)CCN1Cc1ccc(C(F)F)cc1. The Hall–Kier alpha value is -2.32. The van der Waals surface area contributed by atoms with Crippen LogP contribution in [0.1, 0.15) is 48.3 Å². The lowest BCUT2D eigenvalue weighted by Gasteiger charge is -2.35. The van der Waals surface area contributed by atoms with Crippen LogP contribution in [-0.2, 0) is 15.9 Å². The Balaban J connectivity index is 1.29. The van der Waals surface area contributed by atoms with E-state index in [2.05, 4.69) is 9.42 Å². The maximum absolute atomic E-state index is 13.0. The Morgan fingerprint density at radius 1 is 0.970 bits per heavy atom. The molecule has 2 heterocycles. The Bertz CT molecular complexity index is 1000. The lowest BCUT2D eigenvalue weighted by molar-refractivity contribution is -0.133. The molecule has 0 aliphatic carbocycles. The third-order valence-electron chi connectivity index (χ3n) is 6.42. The highest BCUT2D eigenvalue weighted by molar-refractivity contribution is 7.46. The molecule has 1 atom stereocenters. The molecule has 2 aliphatic heterocycles. The molecule has 4 rings (SSSR count). The van der Waals surface area contributed by atoms with Gasteiger partial charge in [-0.1, -0.05) is 36.4 Å². The number of piperidine rings is 1. The topological polar surface area (TPSA) is 90.3 Å². The second-order valence-corrected chi connectivity index (χ2v) is 9.73. The molecule has 2 aromatic carbocycles. The number of alkyl halides is 2. The van der Waals surface area contributed by atoms with E-state index in [1.165, 1.54) is 12.1 Å². The Morgan fingerprint density at radius 3 is 2.18 bits per heavy atom. The van der Waals surface area contributed by atoms with E-state index < -0.39 is 14.2 Å². The molecule has 2 saturated heterocycles. The molecule has 7 nitrogen and oxygen atoms in total. The maximum Gasteiger partial charge on any atom is 0.524 e. The minimum absolute atomic E-state index is 0.0174. The van der Waals surface area contributed by atoms with Gasteiger partial charge in [-0.05, 0) is 61.5 Å². The number of nitrogens with zero attached hydrogens (tertiary/aromatic N) is 2. The van der Waals surface area contributed by atoms with Gasteiger partial charge < -0.3 is 9.42 Å². The first-order valence-corrected chi connectivity index (χ1v) is 12.5. The molecule has 2 aromatic rings. The summed E-state index contributed by atoms with van der Waals surface area (Å²) < 4.78 is 41.0. The van der Waals surface area contributed by atoms with Gasteiger partial charge in [-0.2, -0.15) is 0 Å². The van der Waals surface area contributed by atoms with Gasteiger partial charge in [0.2, 0.25) is 5.91 Å². The number of hydrogen-bond acceptors (Lipinski definition) is 4. The number of carbonyl (C=O) groups excluding carboxylic acids is 1. The van der Waals surface area contributed by atoms with Crippen molar-refractivity contribution in [1.82, 2.24) is 9.80 Å². The molecular weight excluding hydrogens is 453 g/mol. The highest BCUT2D eigenvalue weighted by Crippen LogP contribution is 2.38. The van der Waals surface area contributed by atoms with Crippen LogP contribution in [0.4, 0.5) is 8.78 Å². The first-order chi connectivity index (χ1) is 15.7. The van der Waals surface area contributed by atoms with Gasteiger partial charge in [0.15, 0.2) is 0 Å². The molecule has 178 valence electrons. The van der Waals surface area contributed by atoms with Crippen LogP contribution >= 0.6 is 7.82 Å². The number of likely N-dealkylation sites (tertiary alicyclic amines) is 2. The van der Waals surface area contributed by atoms with E-state index in [0.29, 0.717) is 19.0 Å². The highest BCUT2D eigenvalue weighted by Gasteiger charge is 2.37. The summed E-state index contributed by atoms with van der Waals surface area (Å²) in [4.78, 5) is 34.8. The smallest absolute Gasteiger partial charge is 0.404 e. The van der Waals surface area contributed by atoms with Gasteiger partial charge in [-0.15, -0.1) is 0 Å². The van der Waals surface area contributed by atoms with Crippen LogP contribution < -0.4 is 4.52 Å². The van der Waals surface area contributed by atoms with Crippen molar-refractivity contribution in [3.05, 3.63) is 65.2 Å². The molecule has 0 saturated carbocycles. The standard InChI is InChI=1S/C23H27F2N2O5P/c24-22(25)19-3-1-16(2-4-19)15-27-14-11-21(23(27)28)26-12-9-18(10-13-26)17-5-7-20(8-6-17)32-33(29,30)31/h1-8,18,21-22H,9-15H2,(H2,29,30,31)/t21-/m1/s1. The van der Waals surface area contributed by atoms with Crippen LogP contribution in [0.25, 0.3) is 0 Å². The summed E-state index contributed by atoms with van der Waals surface area (Å²) in [6, 6.07) is 12.8. The lowest BCUT2D eigenvalue weighted by atomic mass is 9.89. The number of benzene rings is 2. The molecule has 10 heteroatoms. The van der Waals surface area contributed by atoms with Crippen molar-refractivity contribution in [2.45, 2.75) is 44.2 Å². The van der Waals surface area contributed by atoms with Crippen molar-refractivity contribution in [3.8, 4) is 5.75 Å². The van der Waals surface area contributed by atoms with Gasteiger partial charge in [0, 0.05) is 18.7 Å². The number of amides is 1. The molecule has 0 bridgehead atoms. The van der Waals surface area contributed by atoms with E-state index in [4.69, 9.17) is 9.79 Å². The predicted octanol–water partition coefficient (Wildman–Crippen LogP) is 4.08. The fourth-order valence-corrected chi connectivity index (χ4v) is 5.09. The fourth-order valence-electron chi connectivity index (χ4n) is 4.69. The maximum atomic E-state index is 13.0. The summed E-state index contributed by atoms with van der Waals surface area (Å²) in [5.41, 5.74) is 1.91. The number of carbonyl (C=O) groups is 1. The van der Waals surface area contributed by atoms with E-state index in [-0.39, 0.29) is 23.3 Å². The monoisotopic (exact) mass is 480 g/mol. The van der Waals surface area contributed by atoms with Gasteiger partial charge in [0.05, 0.1) is 6.04 Å². The van der Waals surface area contributed by atoms with Gasteiger partial charge >= 0.3 is 7.82 Å². The van der Waals surface area contributed by atoms with E-state index in [1.54, 1.807) is 29.2 Å². The molecule has 0 spiro atoms. The third kappa shape index (κ3) is 5.98. The predicted molar refractivity (Wildman–Crippen MR) is 118 cm³/mol. The zero-order valence-electron chi connectivity index (χ0n) is 18.0. The number of phosphoric ester groups is 1. The van der Waals surface area contributed by atoms with E-state index in [9.17, 15) is 18.1 Å². The van der Waals surface area contributed by atoms with Crippen molar-refractivity contribution >= 4 is 13.7 Å². The molecule has 0 radical (unpaired) electrons. The molecule has 2 aliphatic rings. The van der Waals surface area contributed by atoms with Gasteiger partial charge in [0.25, 0.3) is 6.43 Å². The van der Waals surface area contributed by atoms with Gasteiger partial charge in [-0.25, -0.2) is 13.3 Å². The second-order valence-electron chi connectivity index (χ2n) is 8.57. The first-order valence-electron chi connectivity index (χ1n) is 10.9. The van der Waals surface area contributed by atoms with Crippen molar-refractivity contribution < 1.29 is 32.5 Å². The summed E-state index contributed by atoms with van der Waals surface area (Å²) in [5.74, 6) is 0.529. The largest absolute Gasteiger partial charge is 0.524 e.